The van der Waals surface area contributed by atoms with E-state index >= 15 is 0 Å². The predicted molar refractivity (Wildman–Crippen MR) is 74.5 cm³/mol. The van der Waals surface area contributed by atoms with Gasteiger partial charge in [0.2, 0.25) is 0 Å². The molecule has 0 spiro atoms. The van der Waals surface area contributed by atoms with Crippen molar-refractivity contribution in [2.24, 2.45) is 10.7 Å². The Morgan fingerprint density at radius 3 is 2.59 bits per heavy atom. The van der Waals surface area contributed by atoms with Crippen molar-refractivity contribution in [2.45, 2.75) is 13.8 Å². The molecule has 94 valence electrons. The van der Waals surface area contributed by atoms with E-state index in [-0.39, 0.29) is 0 Å². The van der Waals surface area contributed by atoms with Crippen LogP contribution in [-0.2, 0) is 0 Å². The van der Waals surface area contributed by atoms with Crippen LogP contribution in [0.15, 0.2) is 29.3 Å². The largest absolute Gasteiger partial charge is 0.370 e. The molecule has 17 heavy (non-hydrogen) atoms. The van der Waals surface area contributed by atoms with Crippen molar-refractivity contribution >= 4 is 11.6 Å². The van der Waals surface area contributed by atoms with Crippen LogP contribution in [0.1, 0.15) is 12.5 Å². The van der Waals surface area contributed by atoms with Crippen molar-refractivity contribution in [3.63, 3.8) is 0 Å². The summed E-state index contributed by atoms with van der Waals surface area (Å²) in [5.41, 5.74) is 8.00. The number of rotatable bonds is 5. The zero-order chi connectivity index (χ0) is 12.7. The van der Waals surface area contributed by atoms with Crippen molar-refractivity contribution in [3.8, 4) is 0 Å². The molecule has 3 N–H and O–H groups in total. The summed E-state index contributed by atoms with van der Waals surface area (Å²) in [6.07, 6.45) is 0. The lowest BCUT2D eigenvalue weighted by Gasteiger charge is -2.12. The first kappa shape index (κ1) is 13.5. The van der Waals surface area contributed by atoms with Gasteiger partial charge in [-0.3, -0.25) is 4.99 Å². The molecule has 1 aromatic carbocycles. The zero-order valence-electron chi connectivity index (χ0n) is 10.9. The van der Waals surface area contributed by atoms with Crippen molar-refractivity contribution in [1.29, 1.82) is 0 Å². The molecule has 0 bridgehead atoms. The lowest BCUT2D eigenvalue weighted by atomic mass is 10.2. The molecule has 4 nitrogen and oxygen atoms in total. The van der Waals surface area contributed by atoms with Gasteiger partial charge in [-0.25, -0.2) is 0 Å². The van der Waals surface area contributed by atoms with Crippen molar-refractivity contribution in [2.75, 3.05) is 32.0 Å². The van der Waals surface area contributed by atoms with Gasteiger partial charge in [0, 0.05) is 12.2 Å². The van der Waals surface area contributed by atoms with E-state index in [9.17, 15) is 0 Å². The van der Waals surface area contributed by atoms with Crippen molar-refractivity contribution in [3.05, 3.63) is 29.8 Å². The number of hydrogen-bond acceptors (Lipinski definition) is 2. The van der Waals surface area contributed by atoms with Crippen LogP contribution in [0.25, 0.3) is 0 Å². The maximum atomic E-state index is 5.79. The summed E-state index contributed by atoms with van der Waals surface area (Å²) in [5, 5.41) is 3.07. The van der Waals surface area contributed by atoms with Crippen LogP contribution in [0, 0.1) is 6.92 Å². The number of aliphatic imine (C=N–C) groups is 1. The highest BCUT2D eigenvalue weighted by molar-refractivity contribution is 5.92. The smallest absolute Gasteiger partial charge is 0.193 e. The Labute approximate surface area is 104 Å². The number of hydrogen-bond donors (Lipinski definition) is 2. The zero-order valence-corrected chi connectivity index (χ0v) is 10.9. The van der Waals surface area contributed by atoms with E-state index in [1.807, 2.05) is 24.3 Å². The normalized spacial score (nSPS) is 11.9. The third kappa shape index (κ3) is 5.36. The monoisotopic (exact) mass is 234 g/mol. The second kappa shape index (κ2) is 6.91. The molecule has 0 heterocycles. The number of anilines is 1. The predicted octanol–water partition coefficient (Wildman–Crippen LogP) is 1.67. The average Bonchev–Trinajstić information content (AvgIpc) is 2.32. The number of aryl methyl sites for hydroxylation is 1. The molecule has 0 aliphatic carbocycles. The van der Waals surface area contributed by atoms with E-state index in [1.54, 1.807) is 0 Å². The molecule has 0 saturated heterocycles. The van der Waals surface area contributed by atoms with Crippen LogP contribution in [0.2, 0.25) is 0 Å². The fourth-order valence-electron chi connectivity index (χ4n) is 1.32. The molecule has 0 amide bonds. The Morgan fingerprint density at radius 1 is 1.35 bits per heavy atom. The molecule has 4 heteroatoms. The van der Waals surface area contributed by atoms with Gasteiger partial charge < -0.3 is 16.0 Å². The van der Waals surface area contributed by atoms with E-state index < -0.39 is 0 Å². The second-order valence-corrected chi connectivity index (χ2v) is 4.15. The number of likely N-dealkylation sites (N-methyl/N-ethyl adjacent to an activating group) is 1. The second-order valence-electron chi connectivity index (χ2n) is 4.15. The molecule has 0 fully saturated rings. The Kier molecular flexibility index (Phi) is 5.49. The first-order valence-corrected chi connectivity index (χ1v) is 5.94. The van der Waals surface area contributed by atoms with Crippen molar-refractivity contribution in [1.82, 2.24) is 4.90 Å². The standard InChI is InChI=1S/C13H22N4/c1-4-17(3)10-9-15-13(14)16-12-7-5-11(2)6-8-12/h5-8H,4,9-10H2,1-3H3,(H3,14,15,16). The summed E-state index contributed by atoms with van der Waals surface area (Å²) < 4.78 is 0. The van der Waals surface area contributed by atoms with Gasteiger partial charge in [0.25, 0.3) is 0 Å². The van der Waals surface area contributed by atoms with Gasteiger partial charge in [-0.1, -0.05) is 24.6 Å². The number of nitrogens with zero attached hydrogens (tertiary/aromatic N) is 2. The summed E-state index contributed by atoms with van der Waals surface area (Å²) in [7, 11) is 2.07. The molecule has 0 aliphatic rings. The fourth-order valence-corrected chi connectivity index (χ4v) is 1.32. The van der Waals surface area contributed by atoms with Gasteiger partial charge in [0.15, 0.2) is 5.96 Å². The lowest BCUT2D eigenvalue weighted by Crippen LogP contribution is -2.26. The van der Waals surface area contributed by atoms with Gasteiger partial charge in [0.1, 0.15) is 0 Å². The van der Waals surface area contributed by atoms with Crippen LogP contribution in [0.5, 0.6) is 0 Å². The van der Waals surface area contributed by atoms with Crippen LogP contribution >= 0.6 is 0 Å². The molecular weight excluding hydrogens is 212 g/mol. The average molecular weight is 234 g/mol. The maximum absolute atomic E-state index is 5.79. The third-order valence-corrected chi connectivity index (χ3v) is 2.63. The number of nitrogens with one attached hydrogen (secondary N) is 1. The van der Waals surface area contributed by atoms with E-state index in [1.165, 1.54) is 5.56 Å². The molecule has 0 radical (unpaired) electrons. The Balaban J connectivity index is 2.40. The van der Waals surface area contributed by atoms with Gasteiger partial charge in [0.05, 0.1) is 6.54 Å². The number of nitrogens with two attached hydrogens (primary N) is 1. The summed E-state index contributed by atoms with van der Waals surface area (Å²) in [5.74, 6) is 0.471. The quantitative estimate of drug-likeness (QED) is 0.602. The highest BCUT2D eigenvalue weighted by Gasteiger charge is 1.96. The Morgan fingerprint density at radius 2 is 2.00 bits per heavy atom. The summed E-state index contributed by atoms with van der Waals surface area (Å²) in [6, 6.07) is 8.08. The Bertz CT molecular complexity index is 356. The van der Waals surface area contributed by atoms with Gasteiger partial charge >= 0.3 is 0 Å². The topological polar surface area (TPSA) is 53.6 Å². The molecule has 0 saturated carbocycles. The minimum Gasteiger partial charge on any atom is -0.370 e. The highest BCUT2D eigenvalue weighted by Crippen LogP contribution is 2.07. The maximum Gasteiger partial charge on any atom is 0.193 e. The molecule has 1 aromatic rings. The summed E-state index contributed by atoms with van der Waals surface area (Å²) >= 11 is 0. The van der Waals surface area contributed by atoms with Crippen LogP contribution in [0.3, 0.4) is 0 Å². The Hall–Kier alpha value is -1.55. The van der Waals surface area contributed by atoms with E-state index in [4.69, 9.17) is 5.73 Å². The molecule has 1 rings (SSSR count). The molecule has 0 aromatic heterocycles. The number of guanidine groups is 1. The van der Waals surface area contributed by atoms with E-state index in [0.717, 1.165) is 25.3 Å². The molecule has 0 unspecified atom stereocenters. The minimum atomic E-state index is 0.471. The molecule has 0 atom stereocenters. The van der Waals surface area contributed by atoms with Crippen molar-refractivity contribution < 1.29 is 0 Å². The van der Waals surface area contributed by atoms with Gasteiger partial charge in [-0.05, 0) is 32.6 Å². The molecule has 0 aliphatic heterocycles. The first-order valence-electron chi connectivity index (χ1n) is 5.94. The van der Waals surface area contributed by atoms with Gasteiger partial charge in [-0.15, -0.1) is 0 Å². The fraction of sp³-hybridized carbons (Fsp3) is 0.462. The first-order chi connectivity index (χ1) is 8.11. The van der Waals surface area contributed by atoms with Gasteiger partial charge in [-0.2, -0.15) is 0 Å². The van der Waals surface area contributed by atoms with Crippen LogP contribution in [-0.4, -0.2) is 37.5 Å². The molecular formula is C13H22N4. The van der Waals surface area contributed by atoms with E-state index in [0.29, 0.717) is 5.96 Å². The SMILES string of the molecule is CCN(C)CCN=C(N)Nc1ccc(C)cc1. The van der Waals surface area contributed by atoms with Crippen LogP contribution < -0.4 is 11.1 Å². The third-order valence-electron chi connectivity index (χ3n) is 2.63. The summed E-state index contributed by atoms with van der Waals surface area (Å²) in [4.78, 5) is 6.47. The summed E-state index contributed by atoms with van der Waals surface area (Å²) in [6.45, 7) is 6.85. The highest BCUT2D eigenvalue weighted by atomic mass is 15.1. The van der Waals surface area contributed by atoms with E-state index in [2.05, 4.69) is 36.1 Å². The lowest BCUT2D eigenvalue weighted by molar-refractivity contribution is 0.363. The minimum absolute atomic E-state index is 0.471. The van der Waals surface area contributed by atoms with Crippen LogP contribution in [0.4, 0.5) is 5.69 Å². The number of benzene rings is 1.